The van der Waals surface area contributed by atoms with Gasteiger partial charge in [-0.1, -0.05) is 61.5 Å². The van der Waals surface area contributed by atoms with Crippen LogP contribution in [-0.2, 0) is 33.1 Å². The zero-order chi connectivity index (χ0) is 32.7. The Kier molecular flexibility index (Phi) is 10.4. The summed E-state index contributed by atoms with van der Waals surface area (Å²) in [6, 6.07) is 19.8. The summed E-state index contributed by atoms with van der Waals surface area (Å²) in [4.78, 5) is 52.5. The van der Waals surface area contributed by atoms with Crippen LogP contribution in [0, 0.1) is 16.0 Å². The van der Waals surface area contributed by atoms with E-state index in [4.69, 9.17) is 0 Å². The molecule has 0 fully saturated rings. The quantitative estimate of drug-likeness (QED) is 0.129. The molecule has 3 atom stereocenters. The van der Waals surface area contributed by atoms with Crippen molar-refractivity contribution in [2.75, 3.05) is 23.4 Å². The molecule has 45 heavy (non-hydrogen) atoms. The van der Waals surface area contributed by atoms with E-state index >= 15 is 0 Å². The minimum Gasteiger partial charge on any atom is -0.395 e. The van der Waals surface area contributed by atoms with Crippen LogP contribution in [0.25, 0.3) is 0 Å². The maximum absolute atomic E-state index is 13.9. The third-order valence-corrected chi connectivity index (χ3v) is 7.72. The molecule has 12 nitrogen and oxygen atoms in total. The first-order valence-electron chi connectivity index (χ1n) is 14.5. The summed E-state index contributed by atoms with van der Waals surface area (Å²) in [5.74, 6) is -2.38. The van der Waals surface area contributed by atoms with E-state index < -0.39 is 34.4 Å². The lowest BCUT2D eigenvalue weighted by molar-refractivity contribution is -0.385. The Labute approximate surface area is 260 Å². The average molecular weight is 617 g/mol. The molecular formula is C33H36N4O8. The number of rotatable bonds is 13. The molecule has 0 unspecified atom stereocenters. The molecule has 0 spiro atoms. The van der Waals surface area contributed by atoms with Gasteiger partial charge < -0.3 is 30.4 Å². The second-order valence-corrected chi connectivity index (χ2v) is 10.9. The van der Waals surface area contributed by atoms with E-state index in [-0.39, 0.29) is 43.3 Å². The predicted molar refractivity (Wildman–Crippen MR) is 167 cm³/mol. The Morgan fingerprint density at radius 1 is 1.07 bits per heavy atom. The second-order valence-electron chi connectivity index (χ2n) is 10.9. The van der Waals surface area contributed by atoms with Gasteiger partial charge in [0.05, 0.1) is 23.8 Å². The van der Waals surface area contributed by atoms with Gasteiger partial charge in [0.1, 0.15) is 6.10 Å². The summed E-state index contributed by atoms with van der Waals surface area (Å²) < 4.78 is 0. The van der Waals surface area contributed by atoms with E-state index in [0.717, 1.165) is 5.56 Å². The lowest BCUT2D eigenvalue weighted by atomic mass is 9.82. The van der Waals surface area contributed by atoms with Crippen molar-refractivity contribution in [3.8, 4) is 0 Å². The molecule has 3 amide bonds. The Morgan fingerprint density at radius 3 is 2.38 bits per heavy atom. The highest BCUT2D eigenvalue weighted by atomic mass is 16.6. The van der Waals surface area contributed by atoms with Gasteiger partial charge in [-0.15, -0.1) is 0 Å². The summed E-state index contributed by atoms with van der Waals surface area (Å²) in [6.45, 7) is 3.21. The maximum Gasteiger partial charge on any atom is 0.269 e. The van der Waals surface area contributed by atoms with Crippen molar-refractivity contribution in [1.29, 1.82) is 0 Å². The van der Waals surface area contributed by atoms with Crippen LogP contribution in [0.3, 0.4) is 0 Å². The molecule has 236 valence electrons. The van der Waals surface area contributed by atoms with E-state index in [9.17, 15) is 39.8 Å². The van der Waals surface area contributed by atoms with Gasteiger partial charge in [-0.2, -0.15) is 0 Å². The van der Waals surface area contributed by atoms with Crippen molar-refractivity contribution in [3.05, 3.63) is 112 Å². The van der Waals surface area contributed by atoms with Gasteiger partial charge in [0.2, 0.25) is 5.91 Å². The van der Waals surface area contributed by atoms with Crippen LogP contribution in [0.5, 0.6) is 0 Å². The molecule has 0 bridgehead atoms. The summed E-state index contributed by atoms with van der Waals surface area (Å²) in [5, 5.41) is 45.0. The van der Waals surface area contributed by atoms with Crippen LogP contribution in [0.1, 0.15) is 37.0 Å². The number of nitro groups is 1. The van der Waals surface area contributed by atoms with E-state index in [1.807, 2.05) is 30.3 Å². The van der Waals surface area contributed by atoms with Crippen molar-refractivity contribution in [2.45, 2.75) is 45.1 Å². The average Bonchev–Trinajstić information content (AvgIpc) is 3.24. The van der Waals surface area contributed by atoms with E-state index in [1.54, 1.807) is 43.3 Å². The smallest absolute Gasteiger partial charge is 0.269 e. The minimum atomic E-state index is -2.15. The summed E-state index contributed by atoms with van der Waals surface area (Å²) in [7, 11) is 0. The number of non-ortho nitro benzene ring substituents is 1. The van der Waals surface area contributed by atoms with Crippen molar-refractivity contribution in [2.24, 2.45) is 5.92 Å². The highest BCUT2D eigenvalue weighted by molar-refractivity contribution is 6.07. The molecule has 12 heteroatoms. The molecule has 0 aromatic heterocycles. The van der Waals surface area contributed by atoms with Gasteiger partial charge in [-0.05, 0) is 36.2 Å². The van der Waals surface area contributed by atoms with Gasteiger partial charge >= 0.3 is 0 Å². The molecule has 1 heterocycles. The number of carbonyl (C=O) groups is 3. The first-order valence-corrected chi connectivity index (χ1v) is 14.5. The van der Waals surface area contributed by atoms with E-state index in [1.165, 1.54) is 34.9 Å². The van der Waals surface area contributed by atoms with E-state index in [0.29, 0.717) is 23.5 Å². The Bertz CT molecular complexity index is 1580. The fraction of sp³-hybridized carbons (Fsp3) is 0.303. The molecule has 4 rings (SSSR count). The van der Waals surface area contributed by atoms with Gasteiger partial charge in [0.15, 0.2) is 5.60 Å². The summed E-state index contributed by atoms with van der Waals surface area (Å²) in [6.07, 6.45) is 1.85. The number of nitrogens with zero attached hydrogens (tertiary/aromatic N) is 3. The van der Waals surface area contributed by atoms with Crippen molar-refractivity contribution in [1.82, 2.24) is 4.90 Å². The fourth-order valence-electron chi connectivity index (χ4n) is 5.19. The molecule has 0 saturated carbocycles. The third kappa shape index (κ3) is 7.43. The normalized spacial score (nSPS) is 17.2. The monoisotopic (exact) mass is 616 g/mol. The predicted octanol–water partition coefficient (Wildman–Crippen LogP) is 3.25. The lowest BCUT2D eigenvalue weighted by Gasteiger charge is -2.28. The molecule has 0 saturated heterocycles. The molecular weight excluding hydrogens is 580 g/mol. The molecule has 3 aromatic carbocycles. The maximum atomic E-state index is 13.9. The van der Waals surface area contributed by atoms with Crippen LogP contribution >= 0.6 is 0 Å². The Morgan fingerprint density at radius 2 is 1.76 bits per heavy atom. The number of anilines is 2. The second kappa shape index (κ2) is 14.2. The minimum absolute atomic E-state index is 0.0289. The molecule has 1 aliphatic heterocycles. The van der Waals surface area contributed by atoms with Crippen LogP contribution in [0.15, 0.2) is 84.9 Å². The van der Waals surface area contributed by atoms with Crippen LogP contribution in [0.2, 0.25) is 0 Å². The van der Waals surface area contributed by atoms with Crippen LogP contribution in [-0.4, -0.2) is 62.1 Å². The standard InChI is InChI=1S/C33H36N4O8/c1-22(7-6-10-30(40)35(17-18-38)20-24-8-4-3-5-9-24)33(43)28-19-27(37(44)45)15-16-29(28)36(32(33)42)21-25-11-13-26(14-12-25)34-31(41)23(2)39/h3-9,11-16,19,22-23,38-39,43H,10,17-18,20-21H2,1-2H3,(H,34,41)/b7-6+/t22-,23+,33+/m1/s1. The zero-order valence-electron chi connectivity index (χ0n) is 25.0. The largest absolute Gasteiger partial charge is 0.395 e. The van der Waals surface area contributed by atoms with Crippen LogP contribution < -0.4 is 10.2 Å². The summed E-state index contributed by atoms with van der Waals surface area (Å²) >= 11 is 0. The molecule has 1 aliphatic rings. The topological polar surface area (TPSA) is 174 Å². The first-order chi connectivity index (χ1) is 21.4. The number of aliphatic hydroxyl groups is 3. The first kappa shape index (κ1) is 33.0. The number of hydrogen-bond acceptors (Lipinski definition) is 8. The molecule has 0 aliphatic carbocycles. The van der Waals surface area contributed by atoms with E-state index in [2.05, 4.69) is 5.32 Å². The number of amides is 3. The number of nitrogens with one attached hydrogen (secondary N) is 1. The fourth-order valence-corrected chi connectivity index (χ4v) is 5.19. The molecule has 3 aromatic rings. The zero-order valence-corrected chi connectivity index (χ0v) is 25.0. The molecule has 4 N–H and O–H groups in total. The molecule has 0 radical (unpaired) electrons. The van der Waals surface area contributed by atoms with Gasteiger partial charge in [-0.25, -0.2) is 0 Å². The van der Waals surface area contributed by atoms with Crippen molar-refractivity contribution in [3.63, 3.8) is 0 Å². The lowest BCUT2D eigenvalue weighted by Crippen LogP contribution is -2.44. The van der Waals surface area contributed by atoms with Crippen molar-refractivity contribution < 1.29 is 34.6 Å². The van der Waals surface area contributed by atoms with Gasteiger partial charge in [0.25, 0.3) is 17.5 Å². The van der Waals surface area contributed by atoms with Gasteiger partial charge in [0, 0.05) is 48.8 Å². The van der Waals surface area contributed by atoms with Crippen LogP contribution in [0.4, 0.5) is 17.1 Å². The van der Waals surface area contributed by atoms with Gasteiger partial charge in [-0.3, -0.25) is 24.5 Å². The number of hydrogen-bond donors (Lipinski definition) is 4. The highest BCUT2D eigenvalue weighted by Gasteiger charge is 2.53. The summed E-state index contributed by atoms with van der Waals surface area (Å²) in [5.41, 5.74) is -0.0413. The Hall–Kier alpha value is -4.91. The number of carbonyl (C=O) groups excluding carboxylic acids is 3. The number of benzene rings is 3. The van der Waals surface area contributed by atoms with Crippen molar-refractivity contribution >= 4 is 34.8 Å². The SMILES string of the molecule is C[C@H](O)C(=O)Nc1ccc(CN2C(=O)[C@](O)([C@H](C)/C=C/CC(=O)N(CCO)Cc3ccccc3)c3cc([N+](=O)[O-])ccc32)cc1. The number of aliphatic hydroxyl groups excluding tert-OH is 2. The third-order valence-electron chi connectivity index (χ3n) is 7.72. The Balaban J connectivity index is 1.55. The number of fused-ring (bicyclic) bond motifs is 1. The number of nitro benzene ring substituents is 1. The highest BCUT2D eigenvalue weighted by Crippen LogP contribution is 2.47.